The lowest BCUT2D eigenvalue weighted by atomic mass is 10.1. The number of nitrogens with one attached hydrogen (secondary N) is 1. The van der Waals surface area contributed by atoms with E-state index in [9.17, 15) is 4.79 Å². The van der Waals surface area contributed by atoms with Crippen molar-refractivity contribution in [1.29, 1.82) is 0 Å². The highest BCUT2D eigenvalue weighted by Crippen LogP contribution is 2.14. The van der Waals surface area contributed by atoms with Crippen LogP contribution in [0.25, 0.3) is 0 Å². The van der Waals surface area contributed by atoms with E-state index in [0.29, 0.717) is 19.8 Å². The summed E-state index contributed by atoms with van der Waals surface area (Å²) in [5.41, 5.74) is 0.728. The fraction of sp³-hybridized carbons (Fsp3) is 0.650. The summed E-state index contributed by atoms with van der Waals surface area (Å²) in [6, 6.07) is 8.05. The zero-order chi connectivity index (χ0) is 18.5. The fourth-order valence-corrected chi connectivity index (χ4v) is 2.15. The Morgan fingerprint density at radius 3 is 2.64 bits per heavy atom. The van der Waals surface area contributed by atoms with Crippen LogP contribution < -0.4 is 10.1 Å². The molecule has 1 aromatic carbocycles. The smallest absolute Gasteiger partial charge is 0.407 e. The van der Waals surface area contributed by atoms with E-state index in [-0.39, 0.29) is 6.09 Å². The number of aryl methyl sites for hydroxylation is 1. The second-order valence-corrected chi connectivity index (χ2v) is 6.99. The Balaban J connectivity index is 2.21. The molecule has 0 radical (unpaired) electrons. The lowest BCUT2D eigenvalue weighted by Crippen LogP contribution is -2.33. The molecule has 0 aromatic heterocycles. The molecule has 0 atom stereocenters. The molecule has 1 N–H and O–H groups in total. The molecule has 25 heavy (non-hydrogen) atoms. The molecular weight excluding hydrogens is 318 g/mol. The highest BCUT2D eigenvalue weighted by atomic mass is 16.6. The third-order valence-electron chi connectivity index (χ3n) is 3.35. The van der Waals surface area contributed by atoms with Crippen LogP contribution in [0.15, 0.2) is 24.3 Å². The van der Waals surface area contributed by atoms with E-state index >= 15 is 0 Å². The van der Waals surface area contributed by atoms with Gasteiger partial charge in [0, 0.05) is 13.2 Å². The Labute approximate surface area is 152 Å². The van der Waals surface area contributed by atoms with Crippen LogP contribution in [0.2, 0.25) is 0 Å². The molecule has 0 heterocycles. The minimum atomic E-state index is -0.462. The van der Waals surface area contributed by atoms with Gasteiger partial charge in [0.05, 0.1) is 6.61 Å². The zero-order valence-corrected chi connectivity index (χ0v) is 16.1. The maximum Gasteiger partial charge on any atom is 0.407 e. The quantitative estimate of drug-likeness (QED) is 0.603. The summed E-state index contributed by atoms with van der Waals surface area (Å²) in [4.78, 5) is 11.6. The van der Waals surface area contributed by atoms with E-state index in [0.717, 1.165) is 38.0 Å². The van der Waals surface area contributed by atoms with Gasteiger partial charge in [-0.1, -0.05) is 25.5 Å². The number of hydrogen-bond donors (Lipinski definition) is 1. The molecule has 0 saturated heterocycles. The number of alkyl carbamates (subject to hydrolysis) is 1. The molecule has 0 aliphatic rings. The minimum Gasteiger partial charge on any atom is -0.491 e. The van der Waals surface area contributed by atoms with Crippen LogP contribution in [0.1, 0.15) is 52.5 Å². The highest BCUT2D eigenvalue weighted by Gasteiger charge is 2.15. The van der Waals surface area contributed by atoms with Crippen molar-refractivity contribution >= 4 is 6.09 Å². The molecular formula is C20H33NO4. The number of amides is 1. The predicted molar refractivity (Wildman–Crippen MR) is 100 cm³/mol. The first-order valence-corrected chi connectivity index (χ1v) is 9.17. The van der Waals surface area contributed by atoms with Crippen molar-refractivity contribution in [2.45, 2.75) is 59.0 Å². The maximum absolute atomic E-state index is 11.6. The molecule has 0 fully saturated rings. The molecule has 0 saturated carbocycles. The average Bonchev–Trinajstić information content (AvgIpc) is 2.54. The summed E-state index contributed by atoms with van der Waals surface area (Å²) in [7, 11) is 0. The monoisotopic (exact) mass is 351 g/mol. The summed E-state index contributed by atoms with van der Waals surface area (Å²) in [5, 5.41) is 2.77. The van der Waals surface area contributed by atoms with Crippen LogP contribution in [-0.4, -0.2) is 38.1 Å². The van der Waals surface area contributed by atoms with Crippen LogP contribution in [-0.2, 0) is 15.9 Å². The molecule has 142 valence electrons. The number of rotatable bonds is 11. The molecule has 1 rings (SSSR count). The summed E-state index contributed by atoms with van der Waals surface area (Å²) in [6.45, 7) is 10.3. The zero-order valence-electron chi connectivity index (χ0n) is 16.1. The average molecular weight is 351 g/mol. The van der Waals surface area contributed by atoms with Crippen molar-refractivity contribution in [1.82, 2.24) is 5.32 Å². The summed E-state index contributed by atoms with van der Waals surface area (Å²) in [6.07, 6.45) is 3.59. The van der Waals surface area contributed by atoms with Crippen LogP contribution in [0.4, 0.5) is 4.79 Å². The van der Waals surface area contributed by atoms with Gasteiger partial charge in [0.2, 0.25) is 0 Å². The number of carbonyl (C=O) groups excluding carboxylic acids is 1. The van der Waals surface area contributed by atoms with Crippen molar-refractivity contribution in [3.8, 4) is 5.75 Å². The lowest BCUT2D eigenvalue weighted by molar-refractivity contribution is 0.0527. The SMILES string of the molecule is CCCCOCCOc1cccc(CCCNC(=O)OC(C)(C)C)c1. The topological polar surface area (TPSA) is 56.8 Å². The van der Waals surface area contributed by atoms with Crippen LogP contribution in [0.5, 0.6) is 5.75 Å². The van der Waals surface area contributed by atoms with E-state index in [1.807, 2.05) is 39.0 Å². The van der Waals surface area contributed by atoms with Gasteiger partial charge in [-0.05, 0) is 57.7 Å². The number of ether oxygens (including phenoxy) is 3. The summed E-state index contributed by atoms with van der Waals surface area (Å²) in [5.74, 6) is 0.858. The lowest BCUT2D eigenvalue weighted by Gasteiger charge is -2.19. The van der Waals surface area contributed by atoms with Gasteiger partial charge in [-0.2, -0.15) is 0 Å². The third-order valence-corrected chi connectivity index (χ3v) is 3.35. The summed E-state index contributed by atoms with van der Waals surface area (Å²) < 4.78 is 16.4. The number of benzene rings is 1. The Hall–Kier alpha value is -1.75. The maximum atomic E-state index is 11.6. The van der Waals surface area contributed by atoms with Gasteiger partial charge < -0.3 is 19.5 Å². The van der Waals surface area contributed by atoms with E-state index in [1.165, 1.54) is 5.56 Å². The van der Waals surface area contributed by atoms with Crippen LogP contribution in [0, 0.1) is 0 Å². The normalized spacial score (nSPS) is 11.2. The Bertz CT molecular complexity index is 497. The van der Waals surface area contributed by atoms with E-state index in [1.54, 1.807) is 0 Å². The van der Waals surface area contributed by atoms with Crippen LogP contribution in [0.3, 0.4) is 0 Å². The van der Waals surface area contributed by atoms with Gasteiger partial charge >= 0.3 is 6.09 Å². The van der Waals surface area contributed by atoms with Crippen LogP contribution >= 0.6 is 0 Å². The van der Waals surface area contributed by atoms with Gasteiger partial charge in [0.1, 0.15) is 18.0 Å². The molecule has 1 amide bonds. The van der Waals surface area contributed by atoms with Gasteiger partial charge in [-0.15, -0.1) is 0 Å². The first-order valence-electron chi connectivity index (χ1n) is 9.17. The van der Waals surface area contributed by atoms with Crippen molar-refractivity contribution in [3.05, 3.63) is 29.8 Å². The number of hydrogen-bond acceptors (Lipinski definition) is 4. The Morgan fingerprint density at radius 2 is 1.92 bits per heavy atom. The first-order chi connectivity index (χ1) is 11.9. The molecule has 0 spiro atoms. The first kappa shape index (κ1) is 21.3. The fourth-order valence-electron chi connectivity index (χ4n) is 2.15. The molecule has 0 aliphatic carbocycles. The second-order valence-electron chi connectivity index (χ2n) is 6.99. The minimum absolute atomic E-state index is 0.368. The number of carbonyl (C=O) groups is 1. The Morgan fingerprint density at radius 1 is 1.12 bits per heavy atom. The van der Waals surface area contributed by atoms with Crippen molar-refractivity contribution in [3.63, 3.8) is 0 Å². The molecule has 0 aliphatic heterocycles. The highest BCUT2D eigenvalue weighted by molar-refractivity contribution is 5.67. The largest absolute Gasteiger partial charge is 0.491 e. The van der Waals surface area contributed by atoms with Gasteiger partial charge in [-0.25, -0.2) is 4.79 Å². The summed E-state index contributed by atoms with van der Waals surface area (Å²) >= 11 is 0. The molecule has 0 bridgehead atoms. The van der Waals surface area contributed by atoms with Gasteiger partial charge in [0.25, 0.3) is 0 Å². The second kappa shape index (κ2) is 11.7. The molecule has 5 nitrogen and oxygen atoms in total. The standard InChI is InChI=1S/C20H33NO4/c1-5-6-13-23-14-15-24-18-11-7-9-17(16-18)10-8-12-21-19(22)25-20(2,3)4/h7,9,11,16H,5-6,8,10,12-15H2,1-4H3,(H,21,22). The van der Waals surface area contributed by atoms with E-state index in [2.05, 4.69) is 18.3 Å². The predicted octanol–water partition coefficient (Wildman–Crippen LogP) is 4.34. The molecule has 0 unspecified atom stereocenters. The third kappa shape index (κ3) is 11.4. The molecule has 1 aromatic rings. The van der Waals surface area contributed by atoms with E-state index in [4.69, 9.17) is 14.2 Å². The van der Waals surface area contributed by atoms with Crippen molar-refractivity contribution < 1.29 is 19.0 Å². The van der Waals surface area contributed by atoms with Gasteiger partial charge in [0.15, 0.2) is 0 Å². The van der Waals surface area contributed by atoms with E-state index < -0.39 is 5.60 Å². The molecule has 5 heteroatoms. The van der Waals surface area contributed by atoms with Crippen molar-refractivity contribution in [2.24, 2.45) is 0 Å². The Kier molecular flexibility index (Phi) is 10.0. The van der Waals surface area contributed by atoms with Gasteiger partial charge in [-0.3, -0.25) is 0 Å². The number of unbranched alkanes of at least 4 members (excludes halogenated alkanes) is 1. The van der Waals surface area contributed by atoms with Crippen molar-refractivity contribution in [2.75, 3.05) is 26.4 Å².